The Morgan fingerprint density at radius 3 is 2.57 bits per heavy atom. The molecule has 1 atom stereocenters. The fourth-order valence-corrected chi connectivity index (χ4v) is 6.49. The fourth-order valence-electron chi connectivity index (χ4n) is 4.82. The van der Waals surface area contributed by atoms with Crippen molar-refractivity contribution < 1.29 is 18.3 Å². The lowest BCUT2D eigenvalue weighted by molar-refractivity contribution is 0.0951. The number of fused-ring (bicyclic) bond motifs is 1. The van der Waals surface area contributed by atoms with Crippen LogP contribution in [0, 0.1) is 0 Å². The molecule has 44 heavy (non-hydrogen) atoms. The van der Waals surface area contributed by atoms with Crippen molar-refractivity contribution in [1.82, 2.24) is 19.6 Å². The number of hydrogen-bond acceptors (Lipinski definition) is 7. The van der Waals surface area contributed by atoms with Crippen LogP contribution in [0.15, 0.2) is 101 Å². The van der Waals surface area contributed by atoms with E-state index in [1.165, 1.54) is 29.7 Å². The van der Waals surface area contributed by atoms with Gasteiger partial charge in [0.05, 0.1) is 17.5 Å². The third kappa shape index (κ3) is 7.83. The van der Waals surface area contributed by atoms with Crippen LogP contribution in [-0.2, 0) is 23.1 Å². The summed E-state index contributed by atoms with van der Waals surface area (Å²) in [6, 6.07) is 23.9. The van der Waals surface area contributed by atoms with Gasteiger partial charge < -0.3 is 20.3 Å². The molecule has 0 saturated carbocycles. The third-order valence-corrected chi connectivity index (χ3v) is 9.58. The second-order valence-electron chi connectivity index (χ2n) is 11.2. The molecule has 1 amide bonds. The molecule has 2 heterocycles. The minimum Gasteiger partial charge on any atom is -0.387 e. The van der Waals surface area contributed by atoms with Crippen LogP contribution in [0.3, 0.4) is 0 Å². The number of rotatable bonds is 13. The summed E-state index contributed by atoms with van der Waals surface area (Å²) in [6.07, 6.45) is 1.92. The van der Waals surface area contributed by atoms with E-state index in [4.69, 9.17) is 0 Å². The minimum absolute atomic E-state index is 0.167. The number of β-amino-alcohol motifs (C(OH)–C–C–N with tert-alkyl or cyclic N) is 1. The Morgan fingerprint density at radius 1 is 1.02 bits per heavy atom. The average Bonchev–Trinajstić information content (AvgIpc) is 3.63. The van der Waals surface area contributed by atoms with Gasteiger partial charge in [0.25, 0.3) is 21.5 Å². The van der Waals surface area contributed by atoms with Crippen molar-refractivity contribution >= 4 is 44.1 Å². The van der Waals surface area contributed by atoms with Crippen LogP contribution in [0.4, 0.5) is 5.69 Å². The molecule has 0 spiro atoms. The number of amides is 1. The zero-order chi connectivity index (χ0) is 31.3. The van der Waals surface area contributed by atoms with E-state index >= 15 is 0 Å². The molecule has 0 fully saturated rings. The SMILES string of the molecule is CC(C)(CCn1ccc2cc(C(=O)NCc3cc(=O)[nH]s3)ccc21)NC[C@H](O)c1cccc(NS(=O)(=O)c2ccccc2)c1. The highest BCUT2D eigenvalue weighted by molar-refractivity contribution is 7.92. The van der Waals surface area contributed by atoms with E-state index in [9.17, 15) is 23.1 Å². The molecule has 0 aliphatic carbocycles. The molecule has 0 bridgehead atoms. The van der Waals surface area contributed by atoms with Crippen LogP contribution < -0.4 is 20.9 Å². The van der Waals surface area contributed by atoms with Crippen LogP contribution in [0.2, 0.25) is 0 Å². The quantitative estimate of drug-likeness (QED) is 0.128. The Kier molecular flexibility index (Phi) is 9.35. The van der Waals surface area contributed by atoms with Gasteiger partial charge in [-0.1, -0.05) is 41.9 Å². The minimum atomic E-state index is -3.73. The van der Waals surface area contributed by atoms with Crippen molar-refractivity contribution in [2.75, 3.05) is 11.3 Å². The number of aromatic nitrogens is 2. The molecular formula is C32H35N5O5S2. The second kappa shape index (κ2) is 13.2. The zero-order valence-corrected chi connectivity index (χ0v) is 26.0. The van der Waals surface area contributed by atoms with Gasteiger partial charge in [-0.15, -0.1) is 0 Å². The second-order valence-corrected chi connectivity index (χ2v) is 13.8. The van der Waals surface area contributed by atoms with Crippen LogP contribution >= 0.6 is 11.5 Å². The van der Waals surface area contributed by atoms with Crippen molar-refractivity contribution in [2.45, 2.75) is 49.9 Å². The van der Waals surface area contributed by atoms with E-state index in [1.54, 1.807) is 48.5 Å². The van der Waals surface area contributed by atoms with Gasteiger partial charge in [0, 0.05) is 57.9 Å². The molecule has 0 aliphatic heterocycles. The summed E-state index contributed by atoms with van der Waals surface area (Å²) in [4.78, 5) is 24.9. The van der Waals surface area contributed by atoms with Crippen LogP contribution in [-0.4, -0.2) is 40.5 Å². The summed E-state index contributed by atoms with van der Waals surface area (Å²) in [7, 11) is -3.73. The number of aromatic amines is 1. The Morgan fingerprint density at radius 2 is 1.82 bits per heavy atom. The number of nitrogens with zero attached hydrogens (tertiary/aromatic N) is 1. The zero-order valence-electron chi connectivity index (χ0n) is 24.4. The van der Waals surface area contributed by atoms with Gasteiger partial charge in [-0.2, -0.15) is 0 Å². The van der Waals surface area contributed by atoms with Gasteiger partial charge in [0.2, 0.25) is 0 Å². The highest BCUT2D eigenvalue weighted by atomic mass is 32.2. The summed E-state index contributed by atoms with van der Waals surface area (Å²) in [5.74, 6) is -0.205. The lowest BCUT2D eigenvalue weighted by Crippen LogP contribution is -2.42. The van der Waals surface area contributed by atoms with Crippen LogP contribution in [0.5, 0.6) is 0 Å². The van der Waals surface area contributed by atoms with Gasteiger partial charge >= 0.3 is 0 Å². The molecule has 0 saturated heterocycles. The molecule has 0 aliphatic rings. The van der Waals surface area contributed by atoms with E-state index in [0.717, 1.165) is 22.2 Å². The summed E-state index contributed by atoms with van der Waals surface area (Å²) in [5.41, 5.74) is 2.05. The molecule has 5 rings (SSSR count). The molecule has 0 unspecified atom stereocenters. The largest absolute Gasteiger partial charge is 0.387 e. The molecule has 230 valence electrons. The van der Waals surface area contributed by atoms with Crippen molar-refractivity contribution in [1.29, 1.82) is 0 Å². The summed E-state index contributed by atoms with van der Waals surface area (Å²) in [5, 5.41) is 18.1. The Labute approximate surface area is 260 Å². The third-order valence-electron chi connectivity index (χ3n) is 7.36. The summed E-state index contributed by atoms with van der Waals surface area (Å²) in [6.45, 7) is 5.43. The fraction of sp³-hybridized carbons (Fsp3) is 0.250. The number of aliphatic hydroxyl groups is 1. The first-order chi connectivity index (χ1) is 21.0. The van der Waals surface area contributed by atoms with Crippen LogP contribution in [0.1, 0.15) is 47.2 Å². The predicted octanol–water partition coefficient (Wildman–Crippen LogP) is 4.61. The van der Waals surface area contributed by atoms with Crippen molar-refractivity contribution in [3.63, 3.8) is 0 Å². The highest BCUT2D eigenvalue weighted by Gasteiger charge is 2.21. The maximum absolute atomic E-state index is 12.7. The van der Waals surface area contributed by atoms with Crippen molar-refractivity contribution in [3.05, 3.63) is 117 Å². The summed E-state index contributed by atoms with van der Waals surface area (Å²) < 4.78 is 32.7. The number of carbonyl (C=O) groups excluding carboxylic acids is 1. The van der Waals surface area contributed by atoms with Gasteiger partial charge in [0.1, 0.15) is 0 Å². The van der Waals surface area contributed by atoms with E-state index in [-0.39, 0.29) is 35.0 Å². The first kappa shape index (κ1) is 31.2. The lowest BCUT2D eigenvalue weighted by atomic mass is 9.99. The smallest absolute Gasteiger partial charge is 0.261 e. The summed E-state index contributed by atoms with van der Waals surface area (Å²) >= 11 is 1.21. The van der Waals surface area contributed by atoms with E-state index in [0.29, 0.717) is 23.4 Å². The highest BCUT2D eigenvalue weighted by Crippen LogP contribution is 2.23. The van der Waals surface area contributed by atoms with Gasteiger partial charge in [-0.3, -0.25) is 18.7 Å². The molecule has 12 heteroatoms. The van der Waals surface area contributed by atoms with Gasteiger partial charge in [-0.25, -0.2) is 8.42 Å². The molecular weight excluding hydrogens is 599 g/mol. The number of aliphatic hydroxyl groups excluding tert-OH is 1. The van der Waals surface area contributed by atoms with E-state index in [1.807, 2.05) is 24.4 Å². The Bertz CT molecular complexity index is 1910. The van der Waals surface area contributed by atoms with Gasteiger partial charge in [0.15, 0.2) is 0 Å². The molecule has 5 N–H and O–H groups in total. The Hall–Kier alpha value is -4.23. The topological polar surface area (TPSA) is 145 Å². The number of anilines is 1. The Balaban J connectivity index is 1.14. The normalized spacial score (nSPS) is 12.7. The predicted molar refractivity (Wildman–Crippen MR) is 173 cm³/mol. The maximum Gasteiger partial charge on any atom is 0.261 e. The molecule has 2 aromatic heterocycles. The number of sulfonamides is 1. The van der Waals surface area contributed by atoms with E-state index < -0.39 is 16.1 Å². The average molecular weight is 634 g/mol. The first-order valence-corrected chi connectivity index (χ1v) is 16.4. The number of nitrogens with one attached hydrogen (secondary N) is 4. The van der Waals surface area contributed by atoms with Crippen molar-refractivity contribution in [2.24, 2.45) is 0 Å². The first-order valence-electron chi connectivity index (χ1n) is 14.1. The monoisotopic (exact) mass is 633 g/mol. The number of H-pyrrole nitrogens is 1. The lowest BCUT2D eigenvalue weighted by Gasteiger charge is -2.28. The molecule has 5 aromatic rings. The number of aryl methyl sites for hydroxylation is 1. The molecule has 3 aromatic carbocycles. The number of carbonyl (C=O) groups is 1. The van der Waals surface area contributed by atoms with E-state index in [2.05, 4.69) is 38.1 Å². The maximum atomic E-state index is 12.7. The number of benzene rings is 3. The molecule has 10 nitrogen and oxygen atoms in total. The van der Waals surface area contributed by atoms with Crippen LogP contribution in [0.25, 0.3) is 10.9 Å². The van der Waals surface area contributed by atoms with Gasteiger partial charge in [-0.05, 0) is 74.4 Å². The van der Waals surface area contributed by atoms with Crippen molar-refractivity contribution in [3.8, 4) is 0 Å². The standard InChI is InChI=1S/C32H35N5O5S2/c1-32(2,34-21-29(38)23-7-6-8-25(18-23)36-44(41,42)27-9-4-3-5-10-27)14-16-37-15-13-22-17-24(11-12-28(22)37)31(40)33-20-26-19-30(39)35-43-26/h3-13,15,17-19,29,34,36,38H,14,16,20-21H2,1-2H3,(H,33,40)(H,35,39)/t29-/m0/s1. The number of hydrogen-bond donors (Lipinski definition) is 5. The molecule has 0 radical (unpaired) electrons.